The number of hydrogen-bond donors (Lipinski definition) is 1. The summed E-state index contributed by atoms with van der Waals surface area (Å²) >= 11 is 6.54. The van der Waals surface area contributed by atoms with Gasteiger partial charge in [0, 0.05) is 39.4 Å². The van der Waals surface area contributed by atoms with Gasteiger partial charge in [-0.25, -0.2) is 23.0 Å². The van der Waals surface area contributed by atoms with Crippen LogP contribution in [0.5, 0.6) is 0 Å². The van der Waals surface area contributed by atoms with Crippen LogP contribution >= 0.6 is 11.6 Å². The summed E-state index contributed by atoms with van der Waals surface area (Å²) < 4.78 is 62.3. The minimum absolute atomic E-state index is 0.0526. The van der Waals surface area contributed by atoms with Crippen LogP contribution in [0.4, 0.5) is 20.2 Å². The molecule has 0 amide bonds. The van der Waals surface area contributed by atoms with Gasteiger partial charge in [-0.2, -0.15) is 4.36 Å². The summed E-state index contributed by atoms with van der Waals surface area (Å²) in [4.78, 5) is 9.22. The number of aliphatic hydroxyl groups is 1. The third-order valence-electron chi connectivity index (χ3n) is 6.69. The lowest BCUT2D eigenvalue weighted by Crippen LogP contribution is -2.34. The minimum Gasteiger partial charge on any atom is -0.472 e. The van der Waals surface area contributed by atoms with Crippen LogP contribution in [0.1, 0.15) is 5.69 Å². The van der Waals surface area contributed by atoms with Crippen molar-refractivity contribution < 1.29 is 32.3 Å². The van der Waals surface area contributed by atoms with Crippen molar-refractivity contribution in [2.45, 2.75) is 30.8 Å². The average Bonchev–Trinajstić information content (AvgIpc) is 3.56. The predicted molar refractivity (Wildman–Crippen MR) is 143 cm³/mol. The molecule has 204 valence electrons. The maximum Gasteiger partial charge on any atom is 0.195 e. The first-order valence-corrected chi connectivity index (χ1v) is 14.9. The highest BCUT2D eigenvalue weighted by Crippen LogP contribution is 2.37. The summed E-state index contributed by atoms with van der Waals surface area (Å²) in [6, 6.07) is 10.4. The molecule has 12 heteroatoms. The number of fused-ring (bicyclic) bond motifs is 2. The Labute approximate surface area is 228 Å². The van der Waals surface area contributed by atoms with E-state index in [1.54, 1.807) is 30.3 Å². The predicted octanol–water partition coefficient (Wildman–Crippen LogP) is 4.84. The third-order valence-corrected chi connectivity index (χ3v) is 7.61. The Morgan fingerprint density at radius 1 is 1.05 bits per heavy atom. The zero-order chi connectivity index (χ0) is 27.5. The van der Waals surface area contributed by atoms with E-state index in [9.17, 15) is 18.1 Å². The maximum atomic E-state index is 14.8. The van der Waals surface area contributed by atoms with Gasteiger partial charge in [-0.15, -0.1) is 0 Å². The van der Waals surface area contributed by atoms with Crippen molar-refractivity contribution in [3.63, 3.8) is 0 Å². The fourth-order valence-electron chi connectivity index (χ4n) is 4.92. The summed E-state index contributed by atoms with van der Waals surface area (Å²) in [6.07, 6.45) is 1.28. The molecular weight excluding hydrogens is 552 g/mol. The van der Waals surface area contributed by atoms with Gasteiger partial charge < -0.3 is 19.3 Å². The summed E-state index contributed by atoms with van der Waals surface area (Å²) in [5, 5.41) is 10.3. The van der Waals surface area contributed by atoms with E-state index in [1.165, 1.54) is 12.5 Å². The van der Waals surface area contributed by atoms with Crippen molar-refractivity contribution >= 4 is 38.6 Å². The molecule has 0 radical (unpaired) electrons. The Balaban J connectivity index is 1.20. The summed E-state index contributed by atoms with van der Waals surface area (Å²) in [7, 11) is -2.64. The van der Waals surface area contributed by atoms with Gasteiger partial charge in [0.2, 0.25) is 0 Å². The van der Waals surface area contributed by atoms with Crippen molar-refractivity contribution in [3.05, 3.63) is 64.8 Å². The topological polar surface area (TPSA) is 103 Å². The van der Waals surface area contributed by atoms with Crippen LogP contribution in [0.3, 0.4) is 0 Å². The number of ether oxygens (including phenoxy) is 3. The van der Waals surface area contributed by atoms with E-state index < -0.39 is 33.6 Å². The lowest BCUT2D eigenvalue weighted by atomic mass is 10.0. The van der Waals surface area contributed by atoms with Gasteiger partial charge in [0.25, 0.3) is 0 Å². The Morgan fingerprint density at radius 3 is 2.51 bits per heavy atom. The van der Waals surface area contributed by atoms with Gasteiger partial charge in [0.05, 0.1) is 41.7 Å². The van der Waals surface area contributed by atoms with Crippen LogP contribution in [-0.2, 0) is 30.4 Å². The Bertz CT molecular complexity index is 1620. The summed E-state index contributed by atoms with van der Waals surface area (Å²) in [5.74, 6) is -0.972. The zero-order valence-corrected chi connectivity index (χ0v) is 22.5. The van der Waals surface area contributed by atoms with Crippen molar-refractivity contribution in [3.8, 4) is 22.4 Å². The number of rotatable bonds is 4. The molecule has 0 spiro atoms. The molecule has 0 unspecified atom stereocenters. The first-order valence-electron chi connectivity index (χ1n) is 12.2. The summed E-state index contributed by atoms with van der Waals surface area (Å²) in [6.45, 7) is 0.512. The number of halogens is 3. The number of hydrogen-bond acceptors (Lipinski definition) is 8. The van der Waals surface area contributed by atoms with Crippen LogP contribution in [0.2, 0.25) is 5.02 Å². The van der Waals surface area contributed by atoms with E-state index in [2.05, 4.69) is 9.36 Å². The van der Waals surface area contributed by atoms with Crippen LogP contribution < -0.4 is 0 Å². The zero-order valence-electron chi connectivity index (χ0n) is 20.9. The number of nitrogens with zero attached hydrogens (tertiary/aromatic N) is 3. The molecule has 0 bridgehead atoms. The molecule has 6 rings (SSSR count). The first-order chi connectivity index (χ1) is 18.6. The van der Waals surface area contributed by atoms with E-state index in [-0.39, 0.29) is 30.1 Å². The Morgan fingerprint density at radius 2 is 1.77 bits per heavy atom. The highest BCUT2D eigenvalue weighted by Gasteiger charge is 2.49. The lowest BCUT2D eigenvalue weighted by molar-refractivity contribution is 0.00558. The van der Waals surface area contributed by atoms with E-state index in [0.29, 0.717) is 52.2 Å². The Hall–Kier alpha value is -2.96. The van der Waals surface area contributed by atoms with E-state index >= 15 is 0 Å². The third kappa shape index (κ3) is 5.17. The molecule has 0 aliphatic carbocycles. The molecule has 2 aromatic carbocycles. The lowest BCUT2D eigenvalue weighted by Gasteiger charge is -2.17. The van der Waals surface area contributed by atoms with Crippen LogP contribution in [-0.4, -0.2) is 70.3 Å². The molecule has 1 N–H and O–H groups in total. The highest BCUT2D eigenvalue weighted by molar-refractivity contribution is 7.92. The molecule has 2 fully saturated rings. The quantitative estimate of drug-likeness (QED) is 0.478. The van der Waals surface area contributed by atoms with Gasteiger partial charge in [-0.3, -0.25) is 0 Å². The molecule has 4 heterocycles. The fraction of sp³-hybridized carbons (Fsp3) is 0.333. The number of aromatic nitrogens is 1. The number of benzene rings is 2. The number of pyridine rings is 1. The molecule has 1 aromatic heterocycles. The minimum atomic E-state index is -2.64. The molecule has 4 atom stereocenters. The smallest absolute Gasteiger partial charge is 0.195 e. The van der Waals surface area contributed by atoms with Crippen molar-refractivity contribution in [1.82, 2.24) is 4.98 Å². The van der Waals surface area contributed by atoms with Gasteiger partial charge >= 0.3 is 0 Å². The first kappa shape index (κ1) is 26.3. The van der Waals surface area contributed by atoms with E-state index in [0.717, 1.165) is 12.1 Å². The molecule has 0 saturated carbocycles. The maximum absolute atomic E-state index is 14.8. The summed E-state index contributed by atoms with van der Waals surface area (Å²) in [5.41, 5.74) is 2.71. The van der Waals surface area contributed by atoms with E-state index in [4.69, 9.17) is 30.8 Å². The molecular formula is C27H24ClF2N3O5S. The fourth-order valence-corrected chi connectivity index (χ4v) is 5.79. The highest BCUT2D eigenvalue weighted by atomic mass is 35.5. The van der Waals surface area contributed by atoms with Crippen LogP contribution in [0.25, 0.3) is 22.4 Å². The van der Waals surface area contributed by atoms with E-state index in [1.807, 2.05) is 0 Å². The van der Waals surface area contributed by atoms with Gasteiger partial charge in [-0.1, -0.05) is 35.9 Å². The van der Waals surface area contributed by atoms with Gasteiger partial charge in [-0.05, 0) is 17.7 Å². The Kier molecular flexibility index (Phi) is 6.67. The van der Waals surface area contributed by atoms with Gasteiger partial charge in [0.15, 0.2) is 12.0 Å². The van der Waals surface area contributed by atoms with Crippen molar-refractivity contribution in [1.29, 1.82) is 0 Å². The second kappa shape index (κ2) is 9.90. The average molecular weight is 576 g/mol. The molecule has 39 heavy (non-hydrogen) atoms. The second-order valence-electron chi connectivity index (χ2n) is 9.92. The monoisotopic (exact) mass is 575 g/mol. The standard InChI is InChI=1S/C27H24ClF2N3O5S/c1-39(2,35)33-19-9-17(29)15(7-18(19)30)13-3-5-14(6-4-13)25-16(28)8-20-21(32-25)10-24(31-20)38-23-12-37-26-22(34)11-36-27(23)26/h3-9,22-23,26-27,34H,10-12H2,1-2H3/t22-,23-,26-,27-/m1/s1. The molecule has 3 aromatic rings. The number of aliphatic imine (C=N–C) groups is 1. The molecule has 3 aliphatic rings. The van der Waals surface area contributed by atoms with Crippen molar-refractivity contribution in [2.24, 2.45) is 9.36 Å². The largest absolute Gasteiger partial charge is 0.472 e. The van der Waals surface area contributed by atoms with Gasteiger partial charge in [0.1, 0.15) is 35.6 Å². The number of aliphatic hydroxyl groups excluding tert-OH is 1. The van der Waals surface area contributed by atoms with Crippen LogP contribution in [0.15, 0.2) is 51.8 Å². The molecule has 2 saturated heterocycles. The SMILES string of the molecule is CS(C)(=O)=Nc1cc(F)c(-c2ccc(-c3nc4c(cc3Cl)N=C(O[C@@H]3CO[C@H]5[C@@H]3OC[C@H]5O)C4)cc2)cc1F. The second-order valence-corrected chi connectivity index (χ2v) is 12.9. The van der Waals surface area contributed by atoms with Crippen molar-refractivity contribution in [2.75, 3.05) is 25.7 Å². The molecule has 8 nitrogen and oxygen atoms in total. The molecule has 3 aliphatic heterocycles. The normalized spacial score (nSPS) is 23.9. The van der Waals surface area contributed by atoms with Crippen LogP contribution in [0, 0.1) is 11.6 Å².